The molecule has 2 aromatic carbocycles. The summed E-state index contributed by atoms with van der Waals surface area (Å²) in [5.41, 5.74) is 10.7. The number of aryl methyl sites for hydroxylation is 1. The molecule has 1 aliphatic rings. The Kier molecular flexibility index (Phi) is 8.92. The third-order valence-electron chi connectivity index (χ3n) is 7.53. The molecule has 3 heterocycles. The Morgan fingerprint density at radius 1 is 1.23 bits per heavy atom. The molecule has 2 aromatic heterocycles. The van der Waals surface area contributed by atoms with E-state index in [0.29, 0.717) is 58.1 Å². The van der Waals surface area contributed by atoms with E-state index in [2.05, 4.69) is 20.4 Å². The summed E-state index contributed by atoms with van der Waals surface area (Å²) in [6.45, 7) is 4.46. The average molecular weight is 608 g/mol. The number of aliphatic imine (C=N–C) groups is 1. The number of anilines is 1. The molecule has 4 radical (unpaired) electrons. The molecule has 0 fully saturated rings. The Hall–Kier alpha value is -4.06. The van der Waals surface area contributed by atoms with Gasteiger partial charge in [0, 0.05) is 60.5 Å². The topological polar surface area (TPSA) is 131 Å². The summed E-state index contributed by atoms with van der Waals surface area (Å²) in [6, 6.07) is 12.8. The van der Waals surface area contributed by atoms with E-state index >= 15 is 0 Å². The van der Waals surface area contributed by atoms with Crippen LogP contribution in [0.3, 0.4) is 0 Å². The average Bonchev–Trinajstić information content (AvgIpc) is 3.35. The number of hydrogen-bond donors (Lipinski definition) is 4. The van der Waals surface area contributed by atoms with Gasteiger partial charge in [-0.2, -0.15) is 5.10 Å². The minimum absolute atomic E-state index is 0.0764. The van der Waals surface area contributed by atoms with Crippen molar-refractivity contribution in [3.8, 4) is 17.0 Å². The number of nitrogens with zero attached hydrogens (tertiary/aromatic N) is 4. The number of aromatic nitrogens is 3. The Balaban J connectivity index is 1.72. The van der Waals surface area contributed by atoms with Crippen molar-refractivity contribution in [1.82, 2.24) is 14.8 Å². The lowest BCUT2D eigenvalue weighted by Gasteiger charge is -2.31. The van der Waals surface area contributed by atoms with Gasteiger partial charge >= 0.3 is 7.12 Å². The second-order valence-corrected chi connectivity index (χ2v) is 10.8. The highest BCUT2D eigenvalue weighted by atomic mass is 35.5. The zero-order chi connectivity index (χ0) is 31.8. The molecule has 9 nitrogen and oxygen atoms in total. The first-order chi connectivity index (χ1) is 21.0. The number of fused-ring (bicyclic) bond motifs is 5. The van der Waals surface area contributed by atoms with E-state index in [-0.39, 0.29) is 16.4 Å². The summed E-state index contributed by atoms with van der Waals surface area (Å²) in [7, 11) is 13.8. The third kappa shape index (κ3) is 5.87. The van der Waals surface area contributed by atoms with Gasteiger partial charge in [-0.1, -0.05) is 35.9 Å². The van der Waals surface area contributed by atoms with Crippen LogP contribution in [-0.2, 0) is 18.3 Å². The van der Waals surface area contributed by atoms with Gasteiger partial charge in [0.1, 0.15) is 11.9 Å². The summed E-state index contributed by atoms with van der Waals surface area (Å²) in [6.07, 6.45) is 2.39. The molecular formula is C30H29B3ClFN6O3. The molecule has 44 heavy (non-hydrogen) atoms. The molecular weight excluding hydrogens is 579 g/mol. The van der Waals surface area contributed by atoms with Crippen molar-refractivity contribution in [3.63, 3.8) is 0 Å². The zero-order valence-electron chi connectivity index (χ0n) is 24.4. The predicted octanol–water partition coefficient (Wildman–Crippen LogP) is 3.06. The van der Waals surface area contributed by atoms with Crippen LogP contribution in [0.4, 0.5) is 10.2 Å². The van der Waals surface area contributed by atoms with Crippen LogP contribution in [0.15, 0.2) is 65.3 Å². The van der Waals surface area contributed by atoms with Gasteiger partial charge in [0.15, 0.2) is 16.7 Å². The molecule has 0 aliphatic carbocycles. The highest BCUT2D eigenvalue weighted by Crippen LogP contribution is 2.43. The normalized spacial score (nSPS) is 17.7. The molecule has 14 heteroatoms. The second-order valence-electron chi connectivity index (χ2n) is 10.4. The first kappa shape index (κ1) is 31.4. The summed E-state index contributed by atoms with van der Waals surface area (Å²) < 4.78 is 22.8. The number of allylic oxidation sites excluding steroid dienone is 1. The standard InChI is InChI=1S/C30H29B3ClFN6O3/c1-4-41-27-18-11-24(29(39-14-18)38-13-17-5-7-19(8-6-17)33(42)43)44-16(2)22-12-20(35)9-10-21(22)26(36)23(15-37-3)30(31,32)25(27)28(34)40-41/h5-12,14-16,42-43H,4,13,36H2,1-3H3,(H,38,39)/b26-23+,37-15?/t16-/m1/s1. The van der Waals surface area contributed by atoms with Crippen molar-refractivity contribution in [1.29, 1.82) is 0 Å². The Bertz CT molecular complexity index is 1760. The van der Waals surface area contributed by atoms with E-state index in [1.54, 1.807) is 61.2 Å². The largest absolute Gasteiger partial charge is 0.488 e. The summed E-state index contributed by atoms with van der Waals surface area (Å²) in [5, 5.41) is 24.9. The van der Waals surface area contributed by atoms with E-state index in [9.17, 15) is 14.4 Å². The van der Waals surface area contributed by atoms with Crippen molar-refractivity contribution >= 4 is 57.6 Å². The Labute approximate surface area is 263 Å². The fourth-order valence-corrected chi connectivity index (χ4v) is 5.63. The van der Waals surface area contributed by atoms with Crippen LogP contribution < -0.4 is 21.3 Å². The number of rotatable bonds is 6. The first-order valence-electron chi connectivity index (χ1n) is 13.9. The maximum atomic E-state index is 14.7. The van der Waals surface area contributed by atoms with Gasteiger partial charge in [0.25, 0.3) is 0 Å². The molecule has 0 saturated carbocycles. The predicted molar refractivity (Wildman–Crippen MR) is 174 cm³/mol. The number of ether oxygens (including phenoxy) is 1. The molecule has 0 amide bonds. The smallest absolute Gasteiger partial charge is 0.482 e. The highest BCUT2D eigenvalue weighted by molar-refractivity contribution is 6.58. The monoisotopic (exact) mass is 608 g/mol. The van der Waals surface area contributed by atoms with Gasteiger partial charge < -0.3 is 25.8 Å². The van der Waals surface area contributed by atoms with Gasteiger partial charge in [-0.05, 0) is 59.9 Å². The Morgan fingerprint density at radius 3 is 2.61 bits per heavy atom. The molecule has 2 bridgehead atoms. The van der Waals surface area contributed by atoms with Gasteiger partial charge in [-0.15, -0.1) is 0 Å². The highest BCUT2D eigenvalue weighted by Gasteiger charge is 2.36. The first-order valence-corrected chi connectivity index (χ1v) is 14.3. The fraction of sp³-hybridized carbons (Fsp3) is 0.233. The van der Waals surface area contributed by atoms with Crippen LogP contribution in [0, 0.1) is 5.82 Å². The van der Waals surface area contributed by atoms with E-state index < -0.39 is 24.3 Å². The van der Waals surface area contributed by atoms with Crippen molar-refractivity contribution in [2.24, 2.45) is 10.7 Å². The van der Waals surface area contributed by atoms with Crippen LogP contribution in [0.25, 0.3) is 17.0 Å². The van der Waals surface area contributed by atoms with E-state index in [0.717, 1.165) is 5.56 Å². The molecule has 220 valence electrons. The van der Waals surface area contributed by atoms with Gasteiger partial charge in [0.2, 0.25) is 0 Å². The lowest BCUT2D eigenvalue weighted by Crippen LogP contribution is -2.34. The number of benzene rings is 2. The van der Waals surface area contributed by atoms with E-state index in [1.807, 2.05) is 6.92 Å². The number of nitrogens with one attached hydrogen (secondary N) is 1. The van der Waals surface area contributed by atoms with Crippen LogP contribution in [0.5, 0.6) is 5.75 Å². The van der Waals surface area contributed by atoms with Crippen molar-refractivity contribution in [2.45, 2.75) is 38.3 Å². The molecule has 0 saturated heterocycles. The van der Waals surface area contributed by atoms with Gasteiger partial charge in [-0.3, -0.25) is 9.67 Å². The quantitative estimate of drug-likeness (QED) is 0.196. The second kappa shape index (κ2) is 12.5. The van der Waals surface area contributed by atoms with Gasteiger partial charge in [0.05, 0.1) is 21.4 Å². The number of hydrogen-bond acceptors (Lipinski definition) is 8. The molecule has 5 rings (SSSR count). The van der Waals surface area contributed by atoms with Crippen LogP contribution in [0.1, 0.15) is 42.2 Å². The van der Waals surface area contributed by atoms with Crippen molar-refractivity contribution in [2.75, 3.05) is 12.4 Å². The molecule has 0 spiro atoms. The maximum absolute atomic E-state index is 14.7. The van der Waals surface area contributed by atoms with Crippen LogP contribution in [-0.4, -0.2) is 60.9 Å². The number of halogens is 2. The van der Waals surface area contributed by atoms with E-state index in [4.69, 9.17) is 37.8 Å². The fourth-order valence-electron chi connectivity index (χ4n) is 5.29. The summed E-state index contributed by atoms with van der Waals surface area (Å²) in [5.74, 6) is 0.288. The summed E-state index contributed by atoms with van der Waals surface area (Å²) >= 11 is 6.72. The molecule has 4 aromatic rings. The maximum Gasteiger partial charge on any atom is 0.488 e. The van der Waals surface area contributed by atoms with E-state index in [1.165, 1.54) is 18.3 Å². The molecule has 5 N–H and O–H groups in total. The van der Waals surface area contributed by atoms with Crippen molar-refractivity contribution < 1.29 is 19.2 Å². The number of pyridine rings is 1. The Morgan fingerprint density at radius 2 is 1.95 bits per heavy atom. The minimum atomic E-state index is -1.77. The van der Waals surface area contributed by atoms with Crippen LogP contribution in [0.2, 0.25) is 5.15 Å². The minimum Gasteiger partial charge on any atom is -0.482 e. The molecule has 1 aliphatic heterocycles. The number of nitrogens with two attached hydrogens (primary N) is 1. The van der Waals surface area contributed by atoms with Crippen LogP contribution >= 0.6 is 11.6 Å². The SMILES string of the molecule is [B]C1([B])/C(C=NC)=C(/N)c2ccc(F)cc2[C@@H](C)Oc2cc(cnc2NCc2ccc(B(O)O)cc2)-c2c1c(Cl)nn2CC. The van der Waals surface area contributed by atoms with Crippen molar-refractivity contribution in [3.05, 3.63) is 93.5 Å². The summed E-state index contributed by atoms with van der Waals surface area (Å²) in [4.78, 5) is 8.84. The molecule has 0 unspecified atom stereocenters. The lowest BCUT2D eigenvalue weighted by molar-refractivity contribution is 0.226. The third-order valence-corrected chi connectivity index (χ3v) is 7.79. The zero-order valence-corrected chi connectivity index (χ0v) is 25.2. The van der Waals surface area contributed by atoms with Gasteiger partial charge in [-0.25, -0.2) is 9.37 Å². The lowest BCUT2D eigenvalue weighted by atomic mass is 9.47. The molecule has 1 atom stereocenters.